The van der Waals surface area contributed by atoms with Crippen LogP contribution in [-0.4, -0.2) is 48.2 Å². The summed E-state index contributed by atoms with van der Waals surface area (Å²) in [6, 6.07) is 13.9. The van der Waals surface area contributed by atoms with E-state index in [4.69, 9.17) is 4.74 Å². The predicted octanol–water partition coefficient (Wildman–Crippen LogP) is 3.22. The Hall–Kier alpha value is -3.59. The first-order valence-corrected chi connectivity index (χ1v) is 10.1. The Morgan fingerprint density at radius 3 is 2.52 bits per heavy atom. The van der Waals surface area contributed by atoms with E-state index in [9.17, 15) is 19.2 Å². The molecule has 0 unspecified atom stereocenters. The highest BCUT2D eigenvalue weighted by atomic mass is 32.2. The molecule has 3 amide bonds. The Labute approximate surface area is 183 Å². The van der Waals surface area contributed by atoms with Gasteiger partial charge in [-0.05, 0) is 43.0 Å². The van der Waals surface area contributed by atoms with Crippen LogP contribution in [-0.2, 0) is 19.1 Å². The third-order valence-electron chi connectivity index (χ3n) is 4.29. The van der Waals surface area contributed by atoms with Crippen LogP contribution in [0.2, 0.25) is 0 Å². The monoisotopic (exact) mass is 440 g/mol. The number of methoxy groups -OCH3 is 1. The maximum absolute atomic E-state index is 12.7. The average molecular weight is 440 g/mol. The van der Waals surface area contributed by atoms with Crippen LogP contribution in [0.4, 0.5) is 10.5 Å². The highest BCUT2D eigenvalue weighted by Gasteiger charge is 2.36. The van der Waals surface area contributed by atoms with Crippen LogP contribution in [0.1, 0.15) is 11.1 Å². The van der Waals surface area contributed by atoms with Crippen molar-refractivity contribution < 1.29 is 28.7 Å². The van der Waals surface area contributed by atoms with Gasteiger partial charge in [-0.3, -0.25) is 19.3 Å². The molecule has 8 nitrogen and oxygen atoms in total. The smallest absolute Gasteiger partial charge is 0.343 e. The summed E-state index contributed by atoms with van der Waals surface area (Å²) in [5.74, 6) is -1.24. The van der Waals surface area contributed by atoms with Crippen LogP contribution in [0.15, 0.2) is 53.4 Å². The number of esters is 1. The van der Waals surface area contributed by atoms with Gasteiger partial charge in [0.1, 0.15) is 12.3 Å². The van der Waals surface area contributed by atoms with Crippen molar-refractivity contribution in [1.29, 1.82) is 0 Å². The fourth-order valence-electron chi connectivity index (χ4n) is 2.69. The Bertz CT molecular complexity index is 1050. The lowest BCUT2D eigenvalue weighted by molar-refractivity contribution is -0.142. The quantitative estimate of drug-likeness (QED) is 0.521. The molecule has 1 fully saturated rings. The van der Waals surface area contributed by atoms with Crippen molar-refractivity contribution in [3.8, 4) is 5.75 Å². The molecule has 1 N–H and O–H groups in total. The molecule has 1 aliphatic heterocycles. The summed E-state index contributed by atoms with van der Waals surface area (Å²) in [5, 5.41) is 2.13. The number of anilines is 1. The predicted molar refractivity (Wildman–Crippen MR) is 116 cm³/mol. The van der Waals surface area contributed by atoms with Gasteiger partial charge in [-0.2, -0.15) is 0 Å². The van der Waals surface area contributed by atoms with Gasteiger partial charge in [0, 0.05) is 11.3 Å². The number of hydrogen-bond donors (Lipinski definition) is 1. The number of amides is 3. The molecule has 3 rings (SSSR count). The third kappa shape index (κ3) is 5.73. The normalized spacial score (nSPS) is 14.6. The largest absolute Gasteiger partial charge is 0.481 e. The van der Waals surface area contributed by atoms with Gasteiger partial charge in [-0.15, -0.1) is 0 Å². The minimum absolute atomic E-state index is 0.155. The molecule has 1 saturated heterocycles. The summed E-state index contributed by atoms with van der Waals surface area (Å²) in [6.45, 7) is 1.25. The minimum Gasteiger partial charge on any atom is -0.481 e. The van der Waals surface area contributed by atoms with E-state index in [-0.39, 0.29) is 11.5 Å². The SMILES string of the molecule is COC(=O)COc1ccccc1/C=C1\SC(=O)N(CC(=O)Nc2ccc(C)cc2)C1=O. The van der Waals surface area contributed by atoms with Crippen LogP contribution in [0.3, 0.4) is 0 Å². The minimum atomic E-state index is -0.572. The summed E-state index contributed by atoms with van der Waals surface area (Å²) in [6.07, 6.45) is 1.50. The molecule has 0 aromatic heterocycles. The maximum Gasteiger partial charge on any atom is 0.343 e. The molecule has 0 aliphatic carbocycles. The number of hydrogen-bond acceptors (Lipinski definition) is 7. The van der Waals surface area contributed by atoms with Gasteiger partial charge in [-0.1, -0.05) is 35.9 Å². The van der Waals surface area contributed by atoms with E-state index in [0.29, 0.717) is 17.0 Å². The van der Waals surface area contributed by atoms with Gasteiger partial charge < -0.3 is 14.8 Å². The number of nitrogens with one attached hydrogen (secondary N) is 1. The Morgan fingerprint density at radius 1 is 1.10 bits per heavy atom. The van der Waals surface area contributed by atoms with Crippen molar-refractivity contribution in [2.45, 2.75) is 6.92 Å². The van der Waals surface area contributed by atoms with E-state index < -0.39 is 29.6 Å². The first-order valence-electron chi connectivity index (χ1n) is 9.28. The van der Waals surface area contributed by atoms with Gasteiger partial charge >= 0.3 is 5.97 Å². The van der Waals surface area contributed by atoms with Crippen molar-refractivity contribution in [3.05, 3.63) is 64.6 Å². The van der Waals surface area contributed by atoms with E-state index in [2.05, 4.69) is 10.1 Å². The standard InChI is InChI=1S/C22H20N2O6S/c1-14-7-9-16(10-8-14)23-19(25)12-24-21(27)18(31-22(24)28)11-15-5-3-4-6-17(15)30-13-20(26)29-2/h3-11H,12-13H2,1-2H3,(H,23,25)/b18-11-. The van der Waals surface area contributed by atoms with Crippen molar-refractivity contribution in [3.63, 3.8) is 0 Å². The number of ether oxygens (including phenoxy) is 2. The summed E-state index contributed by atoms with van der Waals surface area (Å²) < 4.78 is 9.97. The van der Waals surface area contributed by atoms with Crippen LogP contribution in [0.25, 0.3) is 6.08 Å². The third-order valence-corrected chi connectivity index (χ3v) is 5.20. The highest BCUT2D eigenvalue weighted by Crippen LogP contribution is 2.33. The van der Waals surface area contributed by atoms with Gasteiger partial charge in [0.05, 0.1) is 12.0 Å². The molecule has 2 aromatic rings. The van der Waals surface area contributed by atoms with Gasteiger partial charge in [-0.25, -0.2) is 4.79 Å². The zero-order valence-corrected chi connectivity index (χ0v) is 17.7. The molecule has 0 spiro atoms. The zero-order chi connectivity index (χ0) is 22.4. The van der Waals surface area contributed by atoms with Gasteiger partial charge in [0.25, 0.3) is 11.1 Å². The van der Waals surface area contributed by atoms with Crippen molar-refractivity contribution >= 4 is 46.5 Å². The van der Waals surface area contributed by atoms with Crippen molar-refractivity contribution in [1.82, 2.24) is 4.90 Å². The average Bonchev–Trinajstić information content (AvgIpc) is 3.01. The lowest BCUT2D eigenvalue weighted by atomic mass is 10.2. The number of thioether (sulfide) groups is 1. The Kier molecular flexibility index (Phi) is 7.09. The summed E-state index contributed by atoms with van der Waals surface area (Å²) in [5.41, 5.74) is 2.14. The second-order valence-corrected chi connectivity index (χ2v) is 7.58. The van der Waals surface area contributed by atoms with E-state index in [0.717, 1.165) is 22.2 Å². The second kappa shape index (κ2) is 9.94. The number of benzene rings is 2. The molecule has 9 heteroatoms. The van der Waals surface area contributed by atoms with E-state index in [1.807, 2.05) is 19.1 Å². The van der Waals surface area contributed by atoms with E-state index in [1.165, 1.54) is 13.2 Å². The number of nitrogens with zero attached hydrogens (tertiary/aromatic N) is 1. The molecular formula is C22H20N2O6S. The summed E-state index contributed by atoms with van der Waals surface area (Å²) in [7, 11) is 1.25. The number of para-hydroxylation sites is 1. The number of aryl methyl sites for hydroxylation is 1. The number of rotatable bonds is 7. The Balaban J connectivity index is 1.70. The van der Waals surface area contributed by atoms with Crippen LogP contribution in [0.5, 0.6) is 5.75 Å². The first-order chi connectivity index (χ1) is 14.9. The molecule has 0 bridgehead atoms. The van der Waals surface area contributed by atoms with Crippen LogP contribution >= 0.6 is 11.8 Å². The summed E-state index contributed by atoms with van der Waals surface area (Å²) >= 11 is 0.736. The number of imide groups is 1. The maximum atomic E-state index is 12.7. The number of carbonyl (C=O) groups excluding carboxylic acids is 4. The van der Waals surface area contributed by atoms with Crippen molar-refractivity contribution in [2.24, 2.45) is 0 Å². The van der Waals surface area contributed by atoms with Gasteiger partial charge in [0.15, 0.2) is 6.61 Å². The van der Waals surface area contributed by atoms with Gasteiger partial charge in [0.2, 0.25) is 5.91 Å². The van der Waals surface area contributed by atoms with Crippen molar-refractivity contribution in [2.75, 3.05) is 25.6 Å². The molecule has 31 heavy (non-hydrogen) atoms. The molecule has 1 heterocycles. The molecule has 0 radical (unpaired) electrons. The number of carbonyl (C=O) groups is 4. The van der Waals surface area contributed by atoms with Crippen LogP contribution < -0.4 is 10.1 Å². The molecule has 0 saturated carbocycles. The molecule has 1 aliphatic rings. The molecular weight excluding hydrogens is 420 g/mol. The zero-order valence-electron chi connectivity index (χ0n) is 16.9. The topological polar surface area (TPSA) is 102 Å². The second-order valence-electron chi connectivity index (χ2n) is 6.58. The fourth-order valence-corrected chi connectivity index (χ4v) is 3.51. The Morgan fingerprint density at radius 2 is 1.81 bits per heavy atom. The van der Waals surface area contributed by atoms with E-state index in [1.54, 1.807) is 36.4 Å². The summed E-state index contributed by atoms with van der Waals surface area (Å²) in [4.78, 5) is 49.7. The molecule has 160 valence electrons. The van der Waals surface area contributed by atoms with E-state index >= 15 is 0 Å². The lowest BCUT2D eigenvalue weighted by Gasteiger charge is -2.12. The highest BCUT2D eigenvalue weighted by molar-refractivity contribution is 8.18. The fraction of sp³-hybridized carbons (Fsp3) is 0.182. The molecule has 2 aromatic carbocycles. The molecule has 0 atom stereocenters. The lowest BCUT2D eigenvalue weighted by Crippen LogP contribution is -2.36. The van der Waals surface area contributed by atoms with Crippen LogP contribution in [0, 0.1) is 6.92 Å². The first kappa shape index (κ1) is 22.1.